The molecule has 9 atom stereocenters. The number of rotatable bonds is 20. The molecule has 0 aromatic heterocycles. The first kappa shape index (κ1) is 105. The summed E-state index contributed by atoms with van der Waals surface area (Å²) < 4.78 is 37.4. The van der Waals surface area contributed by atoms with Crippen molar-refractivity contribution in [2.75, 3.05) is 72.8 Å². The summed E-state index contributed by atoms with van der Waals surface area (Å²) in [6, 6.07) is 22.1. The molecular formula is C80H92Br2Cl10N10O20. The van der Waals surface area contributed by atoms with Crippen LogP contribution in [-0.4, -0.2) is 240 Å². The first-order valence-corrected chi connectivity index (χ1v) is 43.1. The minimum atomic E-state index is -1.10. The molecule has 7 aliphatic heterocycles. The van der Waals surface area contributed by atoms with E-state index in [9.17, 15) is 47.9 Å². The van der Waals surface area contributed by atoms with Crippen LogP contribution in [0.1, 0.15) is 89.6 Å². The number of nitrogens with one attached hydrogen (secondary N) is 1. The van der Waals surface area contributed by atoms with E-state index in [0.29, 0.717) is 98.8 Å². The molecule has 0 radical (unpaired) electrons. The number of alkyl halides is 2. The van der Waals surface area contributed by atoms with Crippen molar-refractivity contribution in [2.45, 2.75) is 148 Å². The van der Waals surface area contributed by atoms with Gasteiger partial charge in [0.2, 0.25) is 0 Å². The molecule has 666 valence electrons. The third kappa shape index (κ3) is 34.1. The largest absolute Gasteiger partial charge is 0.480 e. The summed E-state index contributed by atoms with van der Waals surface area (Å²) in [7, 11) is 3.74. The number of aliphatic carboxylic acids is 1. The lowest BCUT2D eigenvalue weighted by atomic mass is 9.95. The number of carbonyl (C=O) groups excluding carboxylic acids is 9. The first-order valence-electron chi connectivity index (χ1n) is 37.0. The maximum Gasteiger partial charge on any atom is 0.411 e. The fourth-order valence-electron chi connectivity index (χ4n) is 12.1. The third-order valence-electron chi connectivity index (χ3n) is 18.0. The second-order valence-corrected chi connectivity index (χ2v) is 33.6. The van der Waals surface area contributed by atoms with Gasteiger partial charge in [-0.2, -0.15) is 0 Å². The molecule has 0 saturated carbocycles. The summed E-state index contributed by atoms with van der Waals surface area (Å²) >= 11 is 65.3. The maximum absolute atomic E-state index is 12.3. The molecule has 42 heteroatoms. The van der Waals surface area contributed by atoms with Crippen LogP contribution >= 0.6 is 148 Å². The van der Waals surface area contributed by atoms with E-state index in [2.05, 4.69) is 101 Å². The molecule has 5 saturated heterocycles. The molecule has 5 fully saturated rings. The van der Waals surface area contributed by atoms with E-state index < -0.39 is 78.5 Å². The van der Waals surface area contributed by atoms with Gasteiger partial charge in [-0.25, -0.2) is 38.4 Å². The number of nitrogens with zero attached hydrogens (tertiary/aromatic N) is 8. The minimum Gasteiger partial charge on any atom is -0.480 e. The van der Waals surface area contributed by atoms with Gasteiger partial charge in [-0.15, -0.1) is 0 Å². The summed E-state index contributed by atoms with van der Waals surface area (Å²) in [6.07, 6.45) is -1.92. The van der Waals surface area contributed by atoms with E-state index in [1.807, 2.05) is 45.0 Å². The van der Waals surface area contributed by atoms with Crippen molar-refractivity contribution in [1.82, 2.24) is 24.9 Å². The number of halogens is 12. The molecule has 7 heterocycles. The van der Waals surface area contributed by atoms with Crippen LogP contribution in [0, 0.1) is 11.8 Å². The van der Waals surface area contributed by atoms with Crippen LogP contribution in [0.5, 0.6) is 0 Å². The topological polar surface area (TPSA) is 385 Å². The fraction of sp³-hybridized carbons (Fsp3) is 0.450. The van der Waals surface area contributed by atoms with Crippen LogP contribution in [0.2, 0.25) is 50.2 Å². The van der Waals surface area contributed by atoms with Crippen LogP contribution in [0.4, 0.5) is 24.0 Å². The number of methoxy groups -OCH3 is 3. The number of ketones is 1. The zero-order valence-electron chi connectivity index (χ0n) is 67.8. The van der Waals surface area contributed by atoms with Gasteiger partial charge in [0.1, 0.15) is 45.1 Å². The average molecular weight is 2030 g/mol. The summed E-state index contributed by atoms with van der Waals surface area (Å²) in [4.78, 5) is 137. The van der Waals surface area contributed by atoms with Crippen molar-refractivity contribution < 1.29 is 96.1 Å². The van der Waals surface area contributed by atoms with Crippen molar-refractivity contribution in [3.05, 3.63) is 169 Å². The number of nitrogens with two attached hydrogens (primary N) is 1. The highest BCUT2D eigenvalue weighted by Crippen LogP contribution is 2.31. The van der Waals surface area contributed by atoms with E-state index >= 15 is 0 Å². The Morgan fingerprint density at radius 2 is 0.852 bits per heavy atom. The Hall–Kier alpha value is -7.54. The highest BCUT2D eigenvalue weighted by atomic mass is 79.9. The SMILES string of the molecule is CC1=N[C@H](C(C)C)C(C)=NC1.CC1=N[C@H](C(C)C)C(C)=NC1CC1COC(=O)N1Cc1cc(Cl)cc(Cl)c1.COC(=O)C1COC(=O)N1.COC(=O)C1COC(=O)N1Cc1cc(Cl)cc(Cl)c1.COC(=O)[C@H](N)CO.Clc1cc(Cl)cc(CBr)c1.O=C(CBr)C1COC(=O)N1Cc1cc(Cl)cc(Cl)c1.O=C(O)C1COC(=O)N1Cc1cc(Cl)cc(Cl)c1. The predicted octanol–water partition coefficient (Wildman–Crippen LogP) is 16.8. The Bertz CT molecular complexity index is 4460. The van der Waals surface area contributed by atoms with Gasteiger partial charge in [-0.05, 0) is 165 Å². The van der Waals surface area contributed by atoms with Crippen LogP contribution in [0.15, 0.2) is 111 Å². The second kappa shape index (κ2) is 51.8. The summed E-state index contributed by atoms with van der Waals surface area (Å²) in [5.41, 5.74) is 13.5. The highest BCUT2D eigenvalue weighted by molar-refractivity contribution is 9.09. The number of Topliss-reactive ketones (excluding diaryl/α,β-unsaturated/α-hetero) is 1. The fourth-order valence-corrected chi connectivity index (χ4v) is 15.6. The van der Waals surface area contributed by atoms with Gasteiger partial charge < -0.3 is 59.2 Å². The first-order chi connectivity index (χ1) is 57.5. The lowest BCUT2D eigenvalue weighted by Crippen LogP contribution is -2.39. The summed E-state index contributed by atoms with van der Waals surface area (Å²) in [6.45, 7) is 18.5. The lowest BCUT2D eigenvalue weighted by Gasteiger charge is -2.29. The number of aliphatic hydroxyl groups excluding tert-OH is 1. The molecule has 122 heavy (non-hydrogen) atoms. The lowest BCUT2D eigenvalue weighted by molar-refractivity contribution is -0.145. The Kier molecular flexibility index (Phi) is 44.6. The molecule has 0 aliphatic carbocycles. The molecule has 7 aliphatic rings. The molecule has 5 amide bonds. The van der Waals surface area contributed by atoms with Crippen molar-refractivity contribution in [1.29, 1.82) is 0 Å². The number of cyclic esters (lactones) is 5. The van der Waals surface area contributed by atoms with Crippen LogP contribution in [-0.2, 0) is 93.4 Å². The number of carbonyl (C=O) groups is 10. The number of alkyl carbamates (subject to hydrolysis) is 1. The van der Waals surface area contributed by atoms with Crippen molar-refractivity contribution >= 4 is 231 Å². The normalized spacial score (nSPS) is 20.0. The molecule has 12 rings (SSSR count). The molecule has 5 aromatic carbocycles. The Labute approximate surface area is 772 Å². The van der Waals surface area contributed by atoms with Gasteiger partial charge in [-0.1, -0.05) is 176 Å². The van der Waals surface area contributed by atoms with Crippen LogP contribution in [0.25, 0.3) is 0 Å². The Morgan fingerprint density at radius 3 is 1.20 bits per heavy atom. The van der Waals surface area contributed by atoms with Gasteiger partial charge in [0.15, 0.2) is 23.9 Å². The van der Waals surface area contributed by atoms with E-state index in [1.54, 1.807) is 71.6 Å². The van der Waals surface area contributed by atoms with Crippen molar-refractivity contribution in [2.24, 2.45) is 37.5 Å². The molecule has 6 unspecified atom stereocenters. The molecule has 30 nitrogen and oxygen atoms in total. The summed E-state index contributed by atoms with van der Waals surface area (Å²) in [5, 5.41) is 25.6. The summed E-state index contributed by atoms with van der Waals surface area (Å²) in [5.74, 6) is -1.79. The number of esters is 3. The number of aliphatic imine (C=N–C) groups is 4. The molecular weight excluding hydrogens is 1940 g/mol. The maximum atomic E-state index is 12.3. The van der Waals surface area contributed by atoms with E-state index in [0.717, 1.165) is 50.6 Å². The number of hydrogen-bond acceptors (Lipinski definition) is 24. The third-order valence-corrected chi connectivity index (χ3v) is 21.4. The molecule has 5 aromatic rings. The number of benzene rings is 5. The van der Waals surface area contributed by atoms with E-state index in [1.165, 1.54) is 36.8 Å². The predicted molar refractivity (Wildman–Crippen MR) is 476 cm³/mol. The number of carboxylic acid groups (broad SMARTS) is 1. The monoisotopic (exact) mass is 2020 g/mol. The molecule has 5 N–H and O–H groups in total. The number of amides is 5. The number of aliphatic hydroxyl groups is 1. The van der Waals surface area contributed by atoms with E-state index in [4.69, 9.17) is 161 Å². The minimum absolute atomic E-state index is 0.0141. The zero-order chi connectivity index (χ0) is 91.1. The molecule has 0 spiro atoms. The second-order valence-electron chi connectivity index (χ2n) is 28.1. The van der Waals surface area contributed by atoms with Crippen molar-refractivity contribution in [3.8, 4) is 0 Å². The van der Waals surface area contributed by atoms with Gasteiger partial charge in [0.25, 0.3) is 0 Å². The number of ether oxygens (including phenoxy) is 8. The van der Waals surface area contributed by atoms with Crippen LogP contribution < -0.4 is 11.1 Å². The quantitative estimate of drug-likeness (QED) is 0.0319. The Balaban J connectivity index is 0.000000255. The smallest absolute Gasteiger partial charge is 0.411 e. The van der Waals surface area contributed by atoms with Gasteiger partial charge in [0, 0.05) is 84.9 Å². The van der Waals surface area contributed by atoms with Gasteiger partial charge in [-0.3, -0.25) is 49.2 Å². The van der Waals surface area contributed by atoms with Crippen LogP contribution in [0.3, 0.4) is 0 Å². The zero-order valence-corrected chi connectivity index (χ0v) is 78.6. The van der Waals surface area contributed by atoms with E-state index in [-0.39, 0.29) is 88.0 Å². The average Bonchev–Trinajstić information content (AvgIpc) is 1.65. The number of carboxylic acids is 1. The Morgan fingerprint density at radius 1 is 0.484 bits per heavy atom. The van der Waals surface area contributed by atoms with Gasteiger partial charge >= 0.3 is 54.3 Å². The standard InChI is InChI=1S/C20H25Cl2N3O2.C12H10BrCl2NO3.C12H11Cl2NO4.C11H9Cl2NO4.C9H16N2.C7H5BrCl2.C5H7NO4.C4H9NO3/c1-11(2)19-13(4)23-18(12(3)24-19)8-17-10-27-20(26)25(17)9-14-5-15(21)7-16(22)6-14;13-4-11(17)10-6-19-12(18)16(10)5-7-1-8(14)3-9(15)2-7;1-18-11(16)10-6-19-12(17)15(10)5-7-2-8(13)4-9(14)3-7;12-7-1-6(2-8(13)3-7)4-14-9(10(15)16)5-18-11(14)17;1-6(2)9-8(4)10-5-7(3)11-9;8-4-5-1-6(9)3-7(10)2-5;1-9-4(7)3-2-10-5(8)6-3;1-8-4(7)3(5)2-6/h5-7,11,17-19H,8-10H2,1-4H3;1-3,10H,4-6H2;2-4,10H,5-6H2,1H3;1-3,9H,4-5H2,(H,15,16);6,9H,5H2,1-4H3;1-3H,4H2;3H,2H2,1H3,(H,6,8);3,6H,2,5H2,1H3/t17?,18?,19-;;;;9-;;;3-/m1...1..1/s1. The van der Waals surface area contributed by atoms with Gasteiger partial charge in [0.05, 0.1) is 83.6 Å². The van der Waals surface area contributed by atoms with Crippen molar-refractivity contribution in [3.63, 3.8) is 0 Å². The molecule has 0 bridgehead atoms. The highest BCUT2D eigenvalue weighted by Gasteiger charge is 2.42. The number of hydrogen-bond donors (Lipinski definition) is 4.